The molecule has 1 aliphatic heterocycles. The molecule has 0 spiro atoms. The molecule has 24 heavy (non-hydrogen) atoms. The molecule has 0 aromatic carbocycles. The van der Waals surface area contributed by atoms with Gasteiger partial charge in [0.05, 0.1) is 30.3 Å². The summed E-state index contributed by atoms with van der Waals surface area (Å²) in [6.07, 6.45) is 5.18. The number of carbonyl (C=O) groups is 1. The van der Waals surface area contributed by atoms with E-state index < -0.39 is 0 Å². The van der Waals surface area contributed by atoms with Crippen molar-refractivity contribution in [1.82, 2.24) is 19.7 Å². The zero-order chi connectivity index (χ0) is 16.9. The van der Waals surface area contributed by atoms with Gasteiger partial charge in [-0.1, -0.05) is 11.6 Å². The summed E-state index contributed by atoms with van der Waals surface area (Å²) in [5.41, 5.74) is 0. The zero-order valence-corrected chi connectivity index (χ0v) is 14.2. The number of halogens is 1. The summed E-state index contributed by atoms with van der Waals surface area (Å²) in [4.78, 5) is 18.6. The lowest BCUT2D eigenvalue weighted by atomic mass is 10.2. The topological polar surface area (TPSA) is 72.3 Å². The predicted octanol–water partition coefficient (Wildman–Crippen LogP) is 1.66. The first-order chi connectivity index (χ1) is 11.6. The van der Waals surface area contributed by atoms with Gasteiger partial charge in [-0.15, -0.1) is 0 Å². The highest BCUT2D eigenvalue weighted by Gasteiger charge is 2.28. The highest BCUT2D eigenvalue weighted by molar-refractivity contribution is 6.30. The van der Waals surface area contributed by atoms with E-state index in [1.165, 1.54) is 6.20 Å². The first-order valence-corrected chi connectivity index (χ1v) is 8.25. The highest BCUT2D eigenvalue weighted by Crippen LogP contribution is 2.14. The molecule has 0 saturated carbocycles. The smallest absolute Gasteiger partial charge is 0.242 e. The van der Waals surface area contributed by atoms with Gasteiger partial charge in [0.15, 0.2) is 0 Å². The molecule has 0 unspecified atom stereocenters. The van der Waals surface area contributed by atoms with Crippen molar-refractivity contribution in [2.24, 2.45) is 0 Å². The normalized spacial score (nSPS) is 19.8. The maximum Gasteiger partial charge on any atom is 0.242 e. The molecule has 1 amide bonds. The molecule has 0 bridgehead atoms. The first kappa shape index (κ1) is 16.9. The standard InChI is InChI=1S/C16H20ClN5O2/c1-12(16(23)20-15-4-3-13(17)9-18-15)21-7-8-24-14(10-21)11-22-6-2-5-19-22/h2-6,9,12,14H,7-8,10-11H2,1H3,(H,18,20,23)/t12-,14-/m1/s1. The van der Waals surface area contributed by atoms with Gasteiger partial charge in [-0.05, 0) is 25.1 Å². The van der Waals surface area contributed by atoms with E-state index in [1.54, 1.807) is 18.3 Å². The summed E-state index contributed by atoms with van der Waals surface area (Å²) in [5, 5.41) is 7.55. The van der Waals surface area contributed by atoms with Crippen LogP contribution in [0.4, 0.5) is 5.82 Å². The number of carbonyl (C=O) groups excluding carboxylic acids is 1. The molecule has 1 aliphatic rings. The number of amides is 1. The molecule has 1 N–H and O–H groups in total. The van der Waals surface area contributed by atoms with Crippen molar-refractivity contribution in [2.45, 2.75) is 25.6 Å². The minimum Gasteiger partial charge on any atom is -0.374 e. The fraction of sp³-hybridized carbons (Fsp3) is 0.438. The lowest BCUT2D eigenvalue weighted by Gasteiger charge is -2.36. The van der Waals surface area contributed by atoms with Crippen LogP contribution in [0.5, 0.6) is 0 Å². The second-order valence-corrected chi connectivity index (χ2v) is 6.18. The van der Waals surface area contributed by atoms with E-state index in [2.05, 4.69) is 20.3 Å². The van der Waals surface area contributed by atoms with Crippen LogP contribution in [0.2, 0.25) is 5.02 Å². The quantitative estimate of drug-likeness (QED) is 0.888. The average molecular weight is 350 g/mol. The van der Waals surface area contributed by atoms with E-state index in [9.17, 15) is 4.79 Å². The van der Waals surface area contributed by atoms with E-state index in [4.69, 9.17) is 16.3 Å². The zero-order valence-electron chi connectivity index (χ0n) is 13.4. The van der Waals surface area contributed by atoms with Crippen molar-refractivity contribution in [1.29, 1.82) is 0 Å². The molecular formula is C16H20ClN5O2. The first-order valence-electron chi connectivity index (χ1n) is 7.87. The van der Waals surface area contributed by atoms with Gasteiger partial charge >= 0.3 is 0 Å². The summed E-state index contributed by atoms with van der Waals surface area (Å²) in [6.45, 7) is 4.57. The van der Waals surface area contributed by atoms with Crippen LogP contribution >= 0.6 is 11.6 Å². The largest absolute Gasteiger partial charge is 0.374 e. The molecule has 7 nitrogen and oxygen atoms in total. The van der Waals surface area contributed by atoms with Crippen molar-refractivity contribution < 1.29 is 9.53 Å². The van der Waals surface area contributed by atoms with E-state index in [0.29, 0.717) is 30.5 Å². The Morgan fingerprint density at radius 1 is 1.54 bits per heavy atom. The molecular weight excluding hydrogens is 330 g/mol. The summed E-state index contributed by atoms with van der Waals surface area (Å²) in [5.74, 6) is 0.405. The third-order valence-corrected chi connectivity index (χ3v) is 4.25. The van der Waals surface area contributed by atoms with Crippen LogP contribution in [0.15, 0.2) is 36.8 Å². The molecule has 8 heteroatoms. The molecule has 1 saturated heterocycles. The predicted molar refractivity (Wildman–Crippen MR) is 90.9 cm³/mol. The number of ether oxygens (including phenoxy) is 1. The molecule has 3 heterocycles. The third-order valence-electron chi connectivity index (χ3n) is 4.03. The van der Waals surface area contributed by atoms with Crippen LogP contribution in [0.1, 0.15) is 6.92 Å². The fourth-order valence-corrected chi connectivity index (χ4v) is 2.78. The Balaban J connectivity index is 1.56. The molecule has 3 rings (SSSR count). The van der Waals surface area contributed by atoms with Gasteiger partial charge in [-0.2, -0.15) is 5.10 Å². The van der Waals surface area contributed by atoms with Crippen molar-refractivity contribution in [3.63, 3.8) is 0 Å². The number of hydrogen-bond acceptors (Lipinski definition) is 5. The number of nitrogens with one attached hydrogen (secondary N) is 1. The van der Waals surface area contributed by atoms with Crippen molar-refractivity contribution in [2.75, 3.05) is 25.0 Å². The Morgan fingerprint density at radius 2 is 2.42 bits per heavy atom. The van der Waals surface area contributed by atoms with Gasteiger partial charge in [0, 0.05) is 31.7 Å². The summed E-state index contributed by atoms with van der Waals surface area (Å²) in [6, 6.07) is 5.00. The van der Waals surface area contributed by atoms with Gasteiger partial charge in [0.2, 0.25) is 5.91 Å². The number of morpholine rings is 1. The average Bonchev–Trinajstić information content (AvgIpc) is 3.09. The maximum atomic E-state index is 12.4. The van der Waals surface area contributed by atoms with Crippen molar-refractivity contribution in [3.8, 4) is 0 Å². The highest BCUT2D eigenvalue weighted by atomic mass is 35.5. The van der Waals surface area contributed by atoms with Crippen LogP contribution < -0.4 is 5.32 Å². The molecule has 128 valence electrons. The summed E-state index contributed by atoms with van der Waals surface area (Å²) < 4.78 is 7.63. The molecule has 0 radical (unpaired) electrons. The second-order valence-electron chi connectivity index (χ2n) is 5.74. The molecule has 1 fully saturated rings. The number of rotatable bonds is 5. The number of anilines is 1. The van der Waals surface area contributed by atoms with E-state index in [1.807, 2.05) is 23.9 Å². The molecule has 0 aliphatic carbocycles. The Bertz CT molecular complexity index is 662. The van der Waals surface area contributed by atoms with Gasteiger partial charge in [0.25, 0.3) is 0 Å². The van der Waals surface area contributed by atoms with Gasteiger partial charge in [-0.25, -0.2) is 4.98 Å². The van der Waals surface area contributed by atoms with E-state index in [-0.39, 0.29) is 18.1 Å². The number of aromatic nitrogens is 3. The van der Waals surface area contributed by atoms with Gasteiger partial charge in [-0.3, -0.25) is 14.4 Å². The minimum absolute atomic E-state index is 0.0163. The molecule has 2 aromatic heterocycles. The third kappa shape index (κ3) is 4.31. The fourth-order valence-electron chi connectivity index (χ4n) is 2.67. The van der Waals surface area contributed by atoms with Crippen LogP contribution in [0, 0.1) is 0 Å². The maximum absolute atomic E-state index is 12.4. The lowest BCUT2D eigenvalue weighted by Crippen LogP contribution is -2.51. The minimum atomic E-state index is -0.272. The van der Waals surface area contributed by atoms with Crippen LogP contribution in [0.25, 0.3) is 0 Å². The number of hydrogen-bond donors (Lipinski definition) is 1. The van der Waals surface area contributed by atoms with Crippen LogP contribution in [-0.4, -0.2) is 57.4 Å². The monoisotopic (exact) mass is 349 g/mol. The summed E-state index contributed by atoms with van der Waals surface area (Å²) >= 11 is 5.80. The summed E-state index contributed by atoms with van der Waals surface area (Å²) in [7, 11) is 0. The molecule has 2 atom stereocenters. The van der Waals surface area contributed by atoms with E-state index in [0.717, 1.165) is 6.54 Å². The number of pyridine rings is 1. The molecule has 2 aromatic rings. The van der Waals surface area contributed by atoms with Crippen molar-refractivity contribution >= 4 is 23.3 Å². The van der Waals surface area contributed by atoms with Gasteiger partial charge < -0.3 is 10.1 Å². The van der Waals surface area contributed by atoms with E-state index >= 15 is 0 Å². The van der Waals surface area contributed by atoms with Crippen molar-refractivity contribution in [3.05, 3.63) is 41.8 Å². The lowest BCUT2D eigenvalue weighted by molar-refractivity contribution is -0.124. The SMILES string of the molecule is C[C@H](C(=O)Nc1ccc(Cl)cn1)N1CCO[C@@H](Cn2cccn2)C1. The van der Waals surface area contributed by atoms with Crippen LogP contribution in [-0.2, 0) is 16.1 Å². The Hall–Kier alpha value is -1.96. The van der Waals surface area contributed by atoms with Crippen LogP contribution in [0.3, 0.4) is 0 Å². The Labute approximate surface area is 145 Å². The Morgan fingerprint density at radius 3 is 3.12 bits per heavy atom. The number of nitrogens with zero attached hydrogens (tertiary/aromatic N) is 4. The second kappa shape index (κ2) is 7.74. The van der Waals surface area contributed by atoms with Gasteiger partial charge in [0.1, 0.15) is 5.82 Å². The Kier molecular flexibility index (Phi) is 5.44.